The number of aliphatic hydroxyl groups excluding tert-OH is 5. The summed E-state index contributed by atoms with van der Waals surface area (Å²) in [7, 11) is 1.49. The summed E-state index contributed by atoms with van der Waals surface area (Å²) in [4.78, 5) is 41.8. The van der Waals surface area contributed by atoms with Crippen molar-refractivity contribution in [1.82, 2.24) is 4.90 Å². The van der Waals surface area contributed by atoms with E-state index >= 15 is 0 Å². The molecule has 2 heterocycles. The Labute approximate surface area is 248 Å². The predicted octanol–water partition coefficient (Wildman–Crippen LogP) is -0.807. The fraction of sp³-hybridized carbons (Fsp3) is 0.433. The Balaban J connectivity index is 1.49. The number of amides is 3. The molecule has 43 heavy (non-hydrogen) atoms. The van der Waals surface area contributed by atoms with Gasteiger partial charge in [-0.3, -0.25) is 14.4 Å². The van der Waals surface area contributed by atoms with Gasteiger partial charge in [-0.15, -0.1) is 0 Å². The second-order valence-corrected chi connectivity index (χ2v) is 10.7. The first-order valence-corrected chi connectivity index (χ1v) is 13.8. The Morgan fingerprint density at radius 3 is 2.47 bits per heavy atom. The second kappa shape index (κ2) is 13.3. The van der Waals surface area contributed by atoms with Gasteiger partial charge in [-0.25, -0.2) is 0 Å². The number of likely N-dealkylation sites (N-methyl/N-ethyl adjacent to an activating group) is 1. The van der Waals surface area contributed by atoms with Crippen molar-refractivity contribution in [2.24, 2.45) is 5.92 Å². The Bertz CT molecular complexity index is 1350. The Kier molecular flexibility index (Phi) is 9.97. The summed E-state index contributed by atoms with van der Waals surface area (Å²) in [6, 6.07) is 13.7. The molecule has 0 unspecified atom stereocenters. The lowest BCUT2D eigenvalue weighted by Gasteiger charge is -2.37. The van der Waals surface area contributed by atoms with E-state index in [9.17, 15) is 45.0 Å². The van der Waals surface area contributed by atoms with E-state index < -0.39 is 54.0 Å². The molecule has 1 fully saturated rings. The average Bonchev–Trinajstić information content (AvgIpc) is 3.19. The highest BCUT2D eigenvalue weighted by Gasteiger charge is 2.52. The Morgan fingerprint density at radius 2 is 1.79 bits per heavy atom. The molecule has 4 rings (SSSR count). The van der Waals surface area contributed by atoms with Gasteiger partial charge in [-0.05, 0) is 23.8 Å². The number of benzene rings is 2. The summed E-state index contributed by atoms with van der Waals surface area (Å²) < 4.78 is 4.97. The highest BCUT2D eigenvalue weighted by Crippen LogP contribution is 2.45. The first kappa shape index (κ1) is 32.2. The average molecular weight is 600 g/mol. The zero-order valence-electron chi connectivity index (χ0n) is 23.8. The molecule has 0 bridgehead atoms. The van der Waals surface area contributed by atoms with Crippen LogP contribution >= 0.6 is 0 Å². The minimum Gasteiger partial charge on any atom is -0.395 e. The van der Waals surface area contributed by atoms with Gasteiger partial charge < -0.3 is 50.5 Å². The summed E-state index contributed by atoms with van der Waals surface area (Å²) in [6.07, 6.45) is -5.99. The summed E-state index contributed by atoms with van der Waals surface area (Å²) >= 11 is 0. The number of fused-ring (bicyclic) bond motifs is 1. The number of nitrogens with zero attached hydrogens (tertiary/aromatic N) is 2. The first-order valence-electron chi connectivity index (χ1n) is 13.8. The van der Waals surface area contributed by atoms with Gasteiger partial charge in [0.25, 0.3) is 11.8 Å². The van der Waals surface area contributed by atoms with E-state index in [4.69, 9.17) is 4.74 Å². The van der Waals surface area contributed by atoms with Crippen LogP contribution in [0, 0.1) is 5.92 Å². The number of hydrogen-bond donors (Lipinski definition) is 7. The molecular weight excluding hydrogens is 562 g/mol. The fourth-order valence-electron chi connectivity index (χ4n) is 5.28. The number of ether oxygens (including phenoxy) is 1. The van der Waals surface area contributed by atoms with Gasteiger partial charge in [-0.2, -0.15) is 0 Å². The monoisotopic (exact) mass is 599 g/mol. The van der Waals surface area contributed by atoms with Crippen molar-refractivity contribution in [2.45, 2.75) is 56.2 Å². The topological polar surface area (TPSA) is 200 Å². The van der Waals surface area contributed by atoms with Crippen LogP contribution in [0.3, 0.4) is 0 Å². The van der Waals surface area contributed by atoms with Gasteiger partial charge in [0.15, 0.2) is 18.0 Å². The van der Waals surface area contributed by atoms with Crippen LogP contribution in [-0.4, -0.2) is 104 Å². The van der Waals surface area contributed by atoms with E-state index in [1.807, 2.05) is 30.3 Å². The van der Waals surface area contributed by atoms with E-state index in [-0.39, 0.29) is 36.7 Å². The standard InChI is InChI=1S/C30H37N3O10/c1-17(7-6-10-22(35)33(13-14-34)16-18-8-4-3-5-9-18)30(42)20-15-19(11-12-21(20)32(2)29(30)41)31-27(39)26-24(37)23(36)25(38)28(40)43-26/h3-9,11-12,15,17,23-26,28,34,36-38,40,42H,10,13-14,16H2,1-2H3,(H,31,39)/b7-6+/t17-,23+,24+,25-,26+,28-,30+/m1/s1. The van der Waals surface area contributed by atoms with Crippen molar-refractivity contribution < 1.29 is 49.8 Å². The van der Waals surface area contributed by atoms with Crippen molar-refractivity contribution >= 4 is 29.1 Å². The van der Waals surface area contributed by atoms with Crippen molar-refractivity contribution in [2.75, 3.05) is 30.4 Å². The summed E-state index contributed by atoms with van der Waals surface area (Å²) in [5, 5.41) is 63.1. The summed E-state index contributed by atoms with van der Waals surface area (Å²) in [6.45, 7) is 1.88. The lowest BCUT2D eigenvalue weighted by molar-refractivity contribution is -0.274. The fourth-order valence-corrected chi connectivity index (χ4v) is 5.28. The van der Waals surface area contributed by atoms with Crippen LogP contribution < -0.4 is 10.2 Å². The number of anilines is 2. The van der Waals surface area contributed by atoms with Crippen LogP contribution in [0.5, 0.6) is 0 Å². The minimum atomic E-state index is -2.05. The maximum Gasteiger partial charge on any atom is 0.264 e. The van der Waals surface area contributed by atoms with Crippen molar-refractivity contribution in [3.8, 4) is 0 Å². The van der Waals surface area contributed by atoms with Gasteiger partial charge in [0.1, 0.15) is 18.3 Å². The molecule has 7 atom stereocenters. The van der Waals surface area contributed by atoms with Gasteiger partial charge >= 0.3 is 0 Å². The van der Waals surface area contributed by atoms with Crippen molar-refractivity contribution in [1.29, 1.82) is 0 Å². The molecule has 0 saturated carbocycles. The normalized spacial score (nSPS) is 27.7. The number of aliphatic hydroxyl groups is 6. The Hall–Kier alpha value is -3.69. The van der Waals surface area contributed by atoms with Crippen LogP contribution in [0.25, 0.3) is 0 Å². The molecule has 1 saturated heterocycles. The van der Waals surface area contributed by atoms with Crippen LogP contribution in [0.4, 0.5) is 11.4 Å². The smallest absolute Gasteiger partial charge is 0.264 e. The van der Waals surface area contributed by atoms with Crippen LogP contribution in [0.1, 0.15) is 24.5 Å². The molecule has 232 valence electrons. The number of carbonyl (C=O) groups excluding carboxylic acids is 3. The number of carbonyl (C=O) groups is 3. The quantitative estimate of drug-likeness (QED) is 0.170. The Morgan fingerprint density at radius 1 is 1.09 bits per heavy atom. The van der Waals surface area contributed by atoms with Crippen LogP contribution in [-0.2, 0) is 31.3 Å². The van der Waals surface area contributed by atoms with Gasteiger partial charge in [0.2, 0.25) is 5.91 Å². The molecule has 2 aliphatic heterocycles. The molecule has 0 aromatic heterocycles. The maximum absolute atomic E-state index is 13.3. The lowest BCUT2D eigenvalue weighted by Crippen LogP contribution is -2.60. The highest BCUT2D eigenvalue weighted by molar-refractivity contribution is 6.07. The van der Waals surface area contributed by atoms with Gasteiger partial charge in [0, 0.05) is 43.7 Å². The molecule has 2 aromatic carbocycles. The lowest BCUT2D eigenvalue weighted by atomic mass is 9.82. The molecule has 0 spiro atoms. The molecule has 13 nitrogen and oxygen atoms in total. The number of nitrogens with one attached hydrogen (secondary N) is 1. The number of hydrogen-bond acceptors (Lipinski definition) is 10. The molecule has 7 N–H and O–H groups in total. The SMILES string of the molecule is C[C@H](/C=C/CC(=O)N(CCO)Cc1ccccc1)[C@@]1(O)C(=O)N(C)c2ccc(NC(=O)[C@H]3O[C@@H](O)[C@H](O)[C@@H](O)[C@@H]3O)cc21. The van der Waals surface area contributed by atoms with Crippen molar-refractivity contribution in [3.05, 3.63) is 71.8 Å². The zero-order valence-corrected chi connectivity index (χ0v) is 23.8. The molecular formula is C30H37N3O10. The van der Waals surface area contributed by atoms with E-state index in [0.717, 1.165) is 5.56 Å². The number of rotatable bonds is 10. The molecule has 3 amide bonds. The van der Waals surface area contributed by atoms with E-state index in [1.54, 1.807) is 19.1 Å². The van der Waals surface area contributed by atoms with Gasteiger partial charge in [0.05, 0.1) is 12.3 Å². The highest BCUT2D eigenvalue weighted by atomic mass is 16.6. The molecule has 0 radical (unpaired) electrons. The minimum absolute atomic E-state index is 0.0314. The third-order valence-corrected chi connectivity index (χ3v) is 7.83. The van der Waals surface area contributed by atoms with E-state index in [1.165, 1.54) is 35.0 Å². The molecule has 2 aliphatic rings. The summed E-state index contributed by atoms with van der Waals surface area (Å²) in [5.74, 6) is -2.61. The summed E-state index contributed by atoms with van der Waals surface area (Å²) in [5.41, 5.74) is -0.432. The van der Waals surface area contributed by atoms with Crippen LogP contribution in [0.15, 0.2) is 60.7 Å². The van der Waals surface area contributed by atoms with Crippen molar-refractivity contribution in [3.63, 3.8) is 0 Å². The van der Waals surface area contributed by atoms with Gasteiger partial charge in [-0.1, -0.05) is 49.4 Å². The van der Waals surface area contributed by atoms with E-state index in [2.05, 4.69) is 5.32 Å². The second-order valence-electron chi connectivity index (χ2n) is 10.7. The van der Waals surface area contributed by atoms with Crippen LogP contribution in [0.2, 0.25) is 0 Å². The molecule has 0 aliphatic carbocycles. The molecule has 13 heteroatoms. The first-order chi connectivity index (χ1) is 20.4. The predicted molar refractivity (Wildman–Crippen MR) is 153 cm³/mol. The maximum atomic E-state index is 13.3. The molecule has 2 aromatic rings. The third kappa shape index (κ3) is 6.48. The third-order valence-electron chi connectivity index (χ3n) is 7.83. The van der Waals surface area contributed by atoms with E-state index in [0.29, 0.717) is 12.2 Å². The largest absolute Gasteiger partial charge is 0.395 e. The zero-order chi connectivity index (χ0) is 31.5.